The third-order valence-electron chi connectivity index (χ3n) is 4.96. The molecule has 1 aliphatic heterocycles. The predicted molar refractivity (Wildman–Crippen MR) is 113 cm³/mol. The van der Waals surface area contributed by atoms with Crippen molar-refractivity contribution < 1.29 is 9.32 Å². The molecule has 2 amide bonds. The number of piperidine rings is 1. The van der Waals surface area contributed by atoms with Crippen molar-refractivity contribution in [2.24, 2.45) is 0 Å². The Labute approximate surface area is 178 Å². The van der Waals surface area contributed by atoms with E-state index >= 15 is 0 Å². The molecule has 4 rings (SSSR count). The molecule has 2 heterocycles. The van der Waals surface area contributed by atoms with Crippen LogP contribution in [0.4, 0.5) is 10.5 Å². The van der Waals surface area contributed by atoms with Crippen LogP contribution < -0.4 is 5.32 Å². The Balaban J connectivity index is 1.57. The van der Waals surface area contributed by atoms with E-state index in [0.717, 1.165) is 30.4 Å². The maximum atomic E-state index is 13.0. The number of nitrogens with zero attached hydrogens (tertiary/aromatic N) is 3. The molecule has 1 N–H and O–H groups in total. The Morgan fingerprint density at radius 2 is 1.93 bits per heavy atom. The van der Waals surface area contributed by atoms with Gasteiger partial charge in [0.05, 0.1) is 15.7 Å². The summed E-state index contributed by atoms with van der Waals surface area (Å²) in [6.45, 7) is 2.60. The molecule has 8 heteroatoms. The van der Waals surface area contributed by atoms with Gasteiger partial charge in [-0.3, -0.25) is 0 Å². The molecule has 2 aromatic carbocycles. The summed E-state index contributed by atoms with van der Waals surface area (Å²) in [5.74, 6) is 0.949. The van der Waals surface area contributed by atoms with Crippen molar-refractivity contribution in [2.75, 3.05) is 11.9 Å². The highest BCUT2D eigenvalue weighted by atomic mass is 35.5. The van der Waals surface area contributed by atoms with Crippen LogP contribution in [-0.2, 0) is 0 Å². The molecule has 0 aliphatic carbocycles. The molecule has 6 nitrogen and oxygen atoms in total. The van der Waals surface area contributed by atoms with Crippen molar-refractivity contribution in [2.45, 2.75) is 32.2 Å². The number of amides is 2. The fourth-order valence-electron chi connectivity index (χ4n) is 3.50. The molecule has 0 spiro atoms. The maximum Gasteiger partial charge on any atom is 0.322 e. The van der Waals surface area contributed by atoms with Gasteiger partial charge in [-0.15, -0.1) is 0 Å². The van der Waals surface area contributed by atoms with Crippen LogP contribution in [0.3, 0.4) is 0 Å². The van der Waals surface area contributed by atoms with Crippen LogP contribution in [0.25, 0.3) is 11.4 Å². The third kappa shape index (κ3) is 4.23. The van der Waals surface area contributed by atoms with Crippen LogP contribution in [0.5, 0.6) is 0 Å². The van der Waals surface area contributed by atoms with Gasteiger partial charge in [0.2, 0.25) is 11.7 Å². The van der Waals surface area contributed by atoms with Gasteiger partial charge in [-0.1, -0.05) is 58.2 Å². The number of aromatic nitrogens is 2. The molecule has 29 heavy (non-hydrogen) atoms. The summed E-state index contributed by atoms with van der Waals surface area (Å²) >= 11 is 12.4. The topological polar surface area (TPSA) is 71.3 Å². The lowest BCUT2D eigenvalue weighted by atomic mass is 10.0. The van der Waals surface area contributed by atoms with E-state index in [0.29, 0.717) is 34.0 Å². The highest BCUT2D eigenvalue weighted by Gasteiger charge is 2.32. The number of carbonyl (C=O) groups excluding carboxylic acids is 1. The fourth-order valence-corrected chi connectivity index (χ4v) is 3.99. The van der Waals surface area contributed by atoms with E-state index in [1.165, 1.54) is 0 Å². The van der Waals surface area contributed by atoms with Gasteiger partial charge in [-0.05, 0) is 44.4 Å². The molecule has 1 unspecified atom stereocenters. The SMILES string of the molecule is Cc1cccc(-c2noc(C3CCCCN3C(=O)Nc3c(Cl)cccc3Cl)n2)c1. The summed E-state index contributed by atoms with van der Waals surface area (Å²) in [7, 11) is 0. The molecule has 1 aromatic heterocycles. The van der Waals surface area contributed by atoms with Crippen LogP contribution in [0.1, 0.15) is 36.8 Å². The van der Waals surface area contributed by atoms with Crippen molar-refractivity contribution >= 4 is 34.9 Å². The number of nitrogens with one attached hydrogen (secondary N) is 1. The Bertz CT molecular complexity index is 1020. The number of para-hydroxylation sites is 1. The average Bonchev–Trinajstić information content (AvgIpc) is 3.21. The van der Waals surface area contributed by atoms with Crippen LogP contribution >= 0.6 is 23.2 Å². The number of benzene rings is 2. The van der Waals surface area contributed by atoms with E-state index in [4.69, 9.17) is 27.7 Å². The quantitative estimate of drug-likeness (QED) is 0.543. The fraction of sp³-hybridized carbons (Fsp3) is 0.286. The molecule has 1 fully saturated rings. The van der Waals surface area contributed by atoms with Crippen LogP contribution in [-0.4, -0.2) is 27.6 Å². The standard InChI is InChI=1S/C21H20Cl2N4O2/c1-13-6-4-7-14(12-13)19-25-20(29-26-19)17-10-2-3-11-27(17)21(28)24-18-15(22)8-5-9-16(18)23/h4-9,12,17H,2-3,10-11H2,1H3,(H,24,28). The minimum Gasteiger partial charge on any atom is -0.337 e. The number of hydrogen-bond donors (Lipinski definition) is 1. The summed E-state index contributed by atoms with van der Waals surface area (Å²) in [5.41, 5.74) is 2.40. The number of urea groups is 1. The van der Waals surface area contributed by atoms with Crippen molar-refractivity contribution in [3.05, 3.63) is 64.0 Å². The summed E-state index contributed by atoms with van der Waals surface area (Å²) in [4.78, 5) is 19.3. The Morgan fingerprint density at radius 3 is 2.69 bits per heavy atom. The first-order chi connectivity index (χ1) is 14.0. The third-order valence-corrected chi connectivity index (χ3v) is 5.59. The average molecular weight is 431 g/mol. The van der Waals surface area contributed by atoms with E-state index in [-0.39, 0.29) is 12.1 Å². The highest BCUT2D eigenvalue weighted by molar-refractivity contribution is 6.39. The largest absolute Gasteiger partial charge is 0.337 e. The van der Waals surface area contributed by atoms with E-state index in [2.05, 4.69) is 15.5 Å². The first-order valence-corrected chi connectivity index (χ1v) is 10.2. The van der Waals surface area contributed by atoms with Crippen molar-refractivity contribution in [1.29, 1.82) is 0 Å². The second kappa shape index (κ2) is 8.43. The first kappa shape index (κ1) is 19.7. The molecule has 0 bridgehead atoms. The predicted octanol–water partition coefficient (Wildman–Crippen LogP) is 6.11. The highest BCUT2D eigenvalue weighted by Crippen LogP contribution is 2.34. The van der Waals surface area contributed by atoms with Gasteiger partial charge in [0.15, 0.2) is 0 Å². The minimum atomic E-state index is -0.295. The molecular formula is C21H20Cl2N4O2. The van der Waals surface area contributed by atoms with Gasteiger partial charge in [-0.2, -0.15) is 4.98 Å². The normalized spacial score (nSPS) is 16.7. The number of anilines is 1. The zero-order valence-corrected chi connectivity index (χ0v) is 17.4. The molecule has 1 aliphatic rings. The maximum absolute atomic E-state index is 13.0. The lowest BCUT2D eigenvalue weighted by Gasteiger charge is -2.33. The van der Waals surface area contributed by atoms with Gasteiger partial charge >= 0.3 is 6.03 Å². The van der Waals surface area contributed by atoms with E-state index in [9.17, 15) is 4.79 Å². The van der Waals surface area contributed by atoms with Gasteiger partial charge in [0, 0.05) is 12.1 Å². The Kier molecular flexibility index (Phi) is 5.74. The Hall–Kier alpha value is -2.57. The summed E-state index contributed by atoms with van der Waals surface area (Å²) < 4.78 is 5.54. The van der Waals surface area contributed by atoms with Crippen LogP contribution in [0, 0.1) is 6.92 Å². The van der Waals surface area contributed by atoms with Gasteiger partial charge in [0.1, 0.15) is 6.04 Å². The molecule has 1 atom stereocenters. The van der Waals surface area contributed by atoms with Crippen LogP contribution in [0.15, 0.2) is 47.0 Å². The van der Waals surface area contributed by atoms with Crippen molar-refractivity contribution in [3.63, 3.8) is 0 Å². The Morgan fingerprint density at radius 1 is 1.17 bits per heavy atom. The number of rotatable bonds is 3. The van der Waals surface area contributed by atoms with Gasteiger partial charge in [0.25, 0.3) is 0 Å². The number of carbonyl (C=O) groups is 1. The summed E-state index contributed by atoms with van der Waals surface area (Å²) in [5, 5.41) is 7.72. The number of halogens is 2. The van der Waals surface area contributed by atoms with Crippen molar-refractivity contribution in [3.8, 4) is 11.4 Å². The van der Waals surface area contributed by atoms with Crippen LogP contribution in [0.2, 0.25) is 10.0 Å². The van der Waals surface area contributed by atoms with Crippen molar-refractivity contribution in [1.82, 2.24) is 15.0 Å². The zero-order chi connectivity index (χ0) is 20.4. The first-order valence-electron chi connectivity index (χ1n) is 9.45. The second-order valence-corrected chi connectivity index (χ2v) is 7.87. The van der Waals surface area contributed by atoms with E-state index in [1.54, 1.807) is 23.1 Å². The monoisotopic (exact) mass is 430 g/mol. The van der Waals surface area contributed by atoms with Gasteiger partial charge < -0.3 is 14.7 Å². The summed E-state index contributed by atoms with van der Waals surface area (Å²) in [6, 6.07) is 12.4. The minimum absolute atomic E-state index is 0.292. The lowest BCUT2D eigenvalue weighted by molar-refractivity contribution is 0.142. The molecule has 1 saturated heterocycles. The molecule has 150 valence electrons. The number of aryl methyl sites for hydroxylation is 1. The zero-order valence-electron chi connectivity index (χ0n) is 15.9. The molecular weight excluding hydrogens is 411 g/mol. The van der Waals surface area contributed by atoms with E-state index in [1.807, 2.05) is 31.2 Å². The molecule has 0 radical (unpaired) electrons. The number of likely N-dealkylation sites (tertiary alicyclic amines) is 1. The van der Waals surface area contributed by atoms with E-state index < -0.39 is 0 Å². The second-order valence-electron chi connectivity index (χ2n) is 7.06. The number of hydrogen-bond acceptors (Lipinski definition) is 4. The molecule has 0 saturated carbocycles. The van der Waals surface area contributed by atoms with Gasteiger partial charge in [-0.25, -0.2) is 4.79 Å². The smallest absolute Gasteiger partial charge is 0.322 e. The summed E-state index contributed by atoms with van der Waals surface area (Å²) in [6.07, 6.45) is 2.63. The lowest BCUT2D eigenvalue weighted by Crippen LogP contribution is -2.41. The molecule has 3 aromatic rings.